The maximum Gasteiger partial charge on any atom is 0.225 e. The number of carbonyl (C=O) groups is 1. The van der Waals surface area contributed by atoms with Gasteiger partial charge in [-0.1, -0.05) is 44.2 Å². The van der Waals surface area contributed by atoms with Crippen molar-refractivity contribution in [1.29, 1.82) is 0 Å². The minimum Gasteiger partial charge on any atom is -0.356 e. The largest absolute Gasteiger partial charge is 0.356 e. The molecule has 0 bridgehead atoms. The van der Waals surface area contributed by atoms with Crippen molar-refractivity contribution in [3.8, 4) is 11.1 Å². The second-order valence-corrected chi connectivity index (χ2v) is 8.41. The molecule has 3 rings (SSSR count). The van der Waals surface area contributed by atoms with Crippen LogP contribution >= 0.6 is 0 Å². The van der Waals surface area contributed by atoms with Gasteiger partial charge in [0.1, 0.15) is 0 Å². The van der Waals surface area contributed by atoms with Gasteiger partial charge in [-0.25, -0.2) is 9.97 Å². The van der Waals surface area contributed by atoms with Crippen molar-refractivity contribution in [1.82, 2.24) is 20.2 Å². The van der Waals surface area contributed by atoms with E-state index in [1.807, 2.05) is 30.6 Å². The Labute approximate surface area is 187 Å². The molecule has 1 aromatic heterocycles. The van der Waals surface area contributed by atoms with E-state index < -0.39 is 0 Å². The summed E-state index contributed by atoms with van der Waals surface area (Å²) in [6.07, 6.45) is 9.04. The van der Waals surface area contributed by atoms with Crippen LogP contribution in [-0.4, -0.2) is 60.0 Å². The highest BCUT2D eigenvalue weighted by Crippen LogP contribution is 2.22. The summed E-state index contributed by atoms with van der Waals surface area (Å²) in [6.45, 7) is 10.1. The zero-order valence-corrected chi connectivity index (χ0v) is 19.1. The summed E-state index contributed by atoms with van der Waals surface area (Å²) in [5, 5.41) is 3.16. The number of carbonyl (C=O) groups excluding carboxylic acids is 1. The van der Waals surface area contributed by atoms with Crippen molar-refractivity contribution in [3.63, 3.8) is 0 Å². The molecule has 1 aromatic carbocycles. The number of hydrogen-bond acceptors (Lipinski definition) is 5. The van der Waals surface area contributed by atoms with Gasteiger partial charge in [0.05, 0.1) is 5.92 Å². The van der Waals surface area contributed by atoms with Gasteiger partial charge in [0.15, 0.2) is 0 Å². The molecule has 1 aliphatic heterocycles. The first-order valence-corrected chi connectivity index (χ1v) is 11.8. The van der Waals surface area contributed by atoms with Gasteiger partial charge in [0.2, 0.25) is 11.9 Å². The van der Waals surface area contributed by atoms with Crippen LogP contribution < -0.4 is 10.2 Å². The average molecular weight is 424 g/mol. The summed E-state index contributed by atoms with van der Waals surface area (Å²) in [5.41, 5.74) is 2.12. The van der Waals surface area contributed by atoms with Gasteiger partial charge in [-0.05, 0) is 57.3 Å². The van der Waals surface area contributed by atoms with E-state index in [1.54, 1.807) is 0 Å². The Kier molecular flexibility index (Phi) is 9.28. The van der Waals surface area contributed by atoms with Crippen molar-refractivity contribution >= 4 is 11.9 Å². The predicted octanol–water partition coefficient (Wildman–Crippen LogP) is 3.99. The number of nitrogens with one attached hydrogen (secondary N) is 1. The molecule has 0 aliphatic carbocycles. The first-order chi connectivity index (χ1) is 15.2. The summed E-state index contributed by atoms with van der Waals surface area (Å²) < 4.78 is 0. The third-order valence-electron chi connectivity index (χ3n) is 5.85. The number of anilines is 1. The molecule has 0 radical (unpaired) electrons. The Morgan fingerprint density at radius 2 is 1.77 bits per heavy atom. The second-order valence-electron chi connectivity index (χ2n) is 8.41. The Bertz CT molecular complexity index is 774. The number of hydrogen-bond donors (Lipinski definition) is 1. The molecule has 1 fully saturated rings. The van der Waals surface area contributed by atoms with E-state index in [4.69, 9.17) is 0 Å². The first-order valence-electron chi connectivity index (χ1n) is 11.8. The maximum absolute atomic E-state index is 12.7. The van der Waals surface area contributed by atoms with Crippen LogP contribution in [0.2, 0.25) is 0 Å². The van der Waals surface area contributed by atoms with Gasteiger partial charge >= 0.3 is 0 Å². The highest BCUT2D eigenvalue weighted by Gasteiger charge is 2.27. The highest BCUT2D eigenvalue weighted by molar-refractivity contribution is 5.79. The molecule has 1 aliphatic rings. The smallest absolute Gasteiger partial charge is 0.225 e. The lowest BCUT2D eigenvalue weighted by atomic mass is 9.97. The zero-order valence-electron chi connectivity index (χ0n) is 19.1. The average Bonchev–Trinajstić information content (AvgIpc) is 2.82. The lowest BCUT2D eigenvalue weighted by Crippen LogP contribution is -2.44. The fourth-order valence-corrected chi connectivity index (χ4v) is 4.26. The third kappa shape index (κ3) is 7.03. The topological polar surface area (TPSA) is 61.4 Å². The molecule has 1 N–H and O–H groups in total. The Hall–Kier alpha value is -2.47. The second kappa shape index (κ2) is 12.4. The van der Waals surface area contributed by atoms with Gasteiger partial charge < -0.3 is 15.1 Å². The molecule has 0 unspecified atom stereocenters. The molecule has 0 spiro atoms. The van der Waals surface area contributed by atoms with E-state index in [1.165, 1.54) is 12.8 Å². The molecule has 1 amide bonds. The van der Waals surface area contributed by atoms with E-state index in [2.05, 4.69) is 51.1 Å². The quantitative estimate of drug-likeness (QED) is 0.554. The summed E-state index contributed by atoms with van der Waals surface area (Å²) >= 11 is 0. The van der Waals surface area contributed by atoms with Crippen LogP contribution in [0, 0.1) is 5.92 Å². The van der Waals surface area contributed by atoms with Crippen molar-refractivity contribution in [3.05, 3.63) is 42.7 Å². The van der Waals surface area contributed by atoms with Crippen molar-refractivity contribution < 1.29 is 4.79 Å². The highest BCUT2D eigenvalue weighted by atomic mass is 16.1. The van der Waals surface area contributed by atoms with Crippen LogP contribution in [0.4, 0.5) is 5.95 Å². The molecule has 2 aromatic rings. The number of amides is 1. The first kappa shape index (κ1) is 23.2. The zero-order chi connectivity index (χ0) is 21.9. The van der Waals surface area contributed by atoms with Crippen molar-refractivity contribution in [2.24, 2.45) is 5.92 Å². The molecule has 2 heterocycles. The molecule has 1 saturated heterocycles. The van der Waals surface area contributed by atoms with Crippen LogP contribution in [-0.2, 0) is 4.79 Å². The molecule has 6 heteroatoms. The minimum atomic E-state index is 0.00790. The molecular weight excluding hydrogens is 386 g/mol. The maximum atomic E-state index is 12.7. The lowest BCUT2D eigenvalue weighted by molar-refractivity contribution is -0.125. The Morgan fingerprint density at radius 3 is 2.45 bits per heavy atom. The van der Waals surface area contributed by atoms with Crippen LogP contribution in [0.15, 0.2) is 42.7 Å². The fraction of sp³-hybridized carbons (Fsp3) is 0.560. The molecule has 1 atom stereocenters. The van der Waals surface area contributed by atoms with Gasteiger partial charge in [-0.15, -0.1) is 0 Å². The van der Waals surface area contributed by atoms with Gasteiger partial charge in [0, 0.05) is 37.6 Å². The van der Waals surface area contributed by atoms with Crippen molar-refractivity contribution in [2.75, 3.05) is 44.2 Å². The van der Waals surface area contributed by atoms with E-state index >= 15 is 0 Å². The number of rotatable bonds is 11. The van der Waals surface area contributed by atoms with E-state index in [9.17, 15) is 4.79 Å². The SMILES string of the molecule is CCCN(CCC)CCCNC(=O)[C@H]1CCCN(c2ncc(-c3ccccc3)cn2)C1. The van der Waals surface area contributed by atoms with Crippen molar-refractivity contribution in [2.45, 2.75) is 46.0 Å². The summed E-state index contributed by atoms with van der Waals surface area (Å²) in [6, 6.07) is 10.2. The van der Waals surface area contributed by atoms with Gasteiger partial charge in [-0.2, -0.15) is 0 Å². The van der Waals surface area contributed by atoms with Crippen LogP contribution in [0.1, 0.15) is 46.0 Å². The standard InChI is InChI=1S/C25H37N5O/c1-3-14-29(15-4-2)16-9-13-26-24(31)22-12-8-17-30(20-22)25-27-18-23(19-28-25)21-10-6-5-7-11-21/h5-7,10-11,18-19,22H,3-4,8-9,12-17,20H2,1-2H3,(H,26,31)/t22-/m0/s1. The molecule has 31 heavy (non-hydrogen) atoms. The van der Waals surface area contributed by atoms with Gasteiger partial charge in [-0.3, -0.25) is 4.79 Å². The summed E-state index contributed by atoms with van der Waals surface area (Å²) in [5.74, 6) is 0.892. The number of benzene rings is 1. The Balaban J connectivity index is 1.47. The van der Waals surface area contributed by atoms with E-state index in [0.29, 0.717) is 12.5 Å². The van der Waals surface area contributed by atoms with E-state index in [-0.39, 0.29) is 11.8 Å². The normalized spacial score (nSPS) is 16.5. The van der Waals surface area contributed by atoms with Crippen LogP contribution in [0.5, 0.6) is 0 Å². The van der Waals surface area contributed by atoms with Crippen LogP contribution in [0.3, 0.4) is 0 Å². The minimum absolute atomic E-state index is 0.00790. The summed E-state index contributed by atoms with van der Waals surface area (Å²) in [7, 11) is 0. The fourth-order valence-electron chi connectivity index (χ4n) is 4.26. The lowest BCUT2D eigenvalue weighted by Gasteiger charge is -2.32. The summed E-state index contributed by atoms with van der Waals surface area (Å²) in [4.78, 5) is 26.5. The molecule has 168 valence electrons. The molecular formula is C25H37N5O. The number of aromatic nitrogens is 2. The molecule has 6 nitrogen and oxygen atoms in total. The monoisotopic (exact) mass is 423 g/mol. The third-order valence-corrected chi connectivity index (χ3v) is 5.85. The number of piperidine rings is 1. The van der Waals surface area contributed by atoms with E-state index in [0.717, 1.165) is 63.1 Å². The van der Waals surface area contributed by atoms with Gasteiger partial charge in [0.25, 0.3) is 0 Å². The Morgan fingerprint density at radius 1 is 1.06 bits per heavy atom. The number of nitrogens with zero attached hydrogens (tertiary/aromatic N) is 4. The molecule has 0 saturated carbocycles. The van der Waals surface area contributed by atoms with Crippen LogP contribution in [0.25, 0.3) is 11.1 Å². The predicted molar refractivity (Wildman–Crippen MR) is 127 cm³/mol.